The number of hydrogen-bond acceptors (Lipinski definition) is 6. The number of piperidine rings is 2. The van der Waals surface area contributed by atoms with E-state index >= 15 is 0 Å². The number of nitrogens with zero attached hydrogens (tertiary/aromatic N) is 5. The summed E-state index contributed by atoms with van der Waals surface area (Å²) in [4.78, 5) is 39.3. The predicted molar refractivity (Wildman–Crippen MR) is 177 cm³/mol. The van der Waals surface area contributed by atoms with Gasteiger partial charge in [0.15, 0.2) is 5.69 Å². The summed E-state index contributed by atoms with van der Waals surface area (Å²) >= 11 is 0. The highest BCUT2D eigenvalue weighted by molar-refractivity contribution is 5.99. The molecule has 9 heteroatoms. The van der Waals surface area contributed by atoms with E-state index in [0.29, 0.717) is 11.6 Å². The van der Waals surface area contributed by atoms with Gasteiger partial charge in [0, 0.05) is 50.0 Å². The molecule has 9 nitrogen and oxygen atoms in total. The molecule has 1 aromatic carbocycles. The number of primary amides is 1. The topological polar surface area (TPSA) is 98.0 Å². The Hall–Kier alpha value is -3.33. The van der Waals surface area contributed by atoms with Crippen LogP contribution in [0, 0.1) is 0 Å². The van der Waals surface area contributed by atoms with Crippen molar-refractivity contribution in [2.24, 2.45) is 5.73 Å². The fourth-order valence-corrected chi connectivity index (χ4v) is 8.39. The number of amides is 3. The lowest BCUT2D eigenvalue weighted by molar-refractivity contribution is 0.0993. The Labute approximate surface area is 263 Å². The Morgan fingerprint density at radius 1 is 0.932 bits per heavy atom. The van der Waals surface area contributed by atoms with Crippen molar-refractivity contribution in [1.82, 2.24) is 19.7 Å². The Kier molecular flexibility index (Phi) is 9.31. The summed E-state index contributed by atoms with van der Waals surface area (Å²) in [5.74, 6) is 0.0603. The highest BCUT2D eigenvalue weighted by Gasteiger charge is 2.38. The molecule has 4 heterocycles. The lowest BCUT2D eigenvalue weighted by atomic mass is 9.88. The summed E-state index contributed by atoms with van der Waals surface area (Å²) in [5, 5.41) is 3.56. The Bertz CT molecular complexity index is 1320. The molecule has 2 atom stereocenters. The van der Waals surface area contributed by atoms with E-state index in [1.807, 2.05) is 18.1 Å². The Balaban J connectivity index is 1.21. The Morgan fingerprint density at radius 2 is 1.64 bits per heavy atom. The number of hydrogen-bond donors (Lipinski definition) is 2. The second-order valence-electron chi connectivity index (χ2n) is 13.5. The van der Waals surface area contributed by atoms with Crippen molar-refractivity contribution < 1.29 is 9.59 Å². The van der Waals surface area contributed by atoms with Crippen molar-refractivity contribution in [3.05, 3.63) is 47.3 Å². The minimum atomic E-state index is -0.536. The van der Waals surface area contributed by atoms with Crippen molar-refractivity contribution in [1.29, 1.82) is 0 Å². The average molecular weight is 602 g/mol. The zero-order valence-electron chi connectivity index (χ0n) is 26.9. The molecule has 0 bridgehead atoms. The second kappa shape index (κ2) is 13.3. The predicted octanol–water partition coefficient (Wildman–Crippen LogP) is 5.72. The molecule has 238 valence electrons. The zero-order valence-corrected chi connectivity index (χ0v) is 26.9. The number of benzene rings is 1. The fraction of sp³-hybridized carbons (Fsp3) is 0.629. The van der Waals surface area contributed by atoms with Crippen molar-refractivity contribution in [2.45, 2.75) is 102 Å². The third kappa shape index (κ3) is 6.12. The van der Waals surface area contributed by atoms with Gasteiger partial charge in [0.25, 0.3) is 5.91 Å². The third-order valence-corrected chi connectivity index (χ3v) is 10.9. The van der Waals surface area contributed by atoms with Crippen LogP contribution in [0.5, 0.6) is 0 Å². The van der Waals surface area contributed by atoms with Gasteiger partial charge in [0.1, 0.15) is 0 Å². The number of aromatic nitrogens is 1. The second-order valence-corrected chi connectivity index (χ2v) is 13.5. The molecule has 1 aromatic heterocycles. The standard InChI is InChI=1S/C35H51N7O2/c1-4-29-31(41-19-7-11-30(24(41)2)42-20-8-18-39(3)35(42)44)23-37-33(34(36)43)32(29)38-27-14-12-25(13-15-27)26-16-21-40(22-17-26)28-9-5-6-10-28/h12-15,23-24,26,28,30,38H,4-11,16-22H2,1-3H3,(H2,36,43). The molecule has 3 saturated heterocycles. The van der Waals surface area contributed by atoms with Crippen LogP contribution >= 0.6 is 0 Å². The minimum absolute atomic E-state index is 0.123. The summed E-state index contributed by atoms with van der Waals surface area (Å²) < 4.78 is 0. The van der Waals surface area contributed by atoms with Gasteiger partial charge < -0.3 is 30.7 Å². The van der Waals surface area contributed by atoms with E-state index in [1.165, 1.54) is 57.2 Å². The molecule has 3 amide bonds. The van der Waals surface area contributed by atoms with Crippen LogP contribution in [0.4, 0.5) is 21.9 Å². The van der Waals surface area contributed by atoms with Crippen LogP contribution in [-0.2, 0) is 6.42 Å². The van der Waals surface area contributed by atoms with Gasteiger partial charge >= 0.3 is 6.03 Å². The van der Waals surface area contributed by atoms with Crippen LogP contribution in [0.1, 0.15) is 99.2 Å². The first-order valence-corrected chi connectivity index (χ1v) is 17.1. The summed E-state index contributed by atoms with van der Waals surface area (Å²) in [6.45, 7) is 9.24. The summed E-state index contributed by atoms with van der Waals surface area (Å²) in [6.07, 6.45) is 13.5. The lowest BCUT2D eigenvalue weighted by Gasteiger charge is -2.48. The SMILES string of the molecule is CCc1c(N2CCCC(N3CCCN(C)C3=O)C2C)cnc(C(N)=O)c1Nc1ccc(C2CCN(C3CCCC3)CC2)cc1. The van der Waals surface area contributed by atoms with E-state index < -0.39 is 5.91 Å². The van der Waals surface area contributed by atoms with E-state index in [0.717, 1.165) is 68.3 Å². The monoisotopic (exact) mass is 601 g/mol. The number of rotatable bonds is 8. The van der Waals surface area contributed by atoms with Crippen molar-refractivity contribution in [3.63, 3.8) is 0 Å². The maximum atomic E-state index is 13.1. The number of nitrogens with one attached hydrogen (secondary N) is 1. The van der Waals surface area contributed by atoms with Crippen LogP contribution < -0.4 is 16.0 Å². The highest BCUT2D eigenvalue weighted by Crippen LogP contribution is 2.38. The first-order valence-electron chi connectivity index (χ1n) is 17.1. The number of carbonyl (C=O) groups excluding carboxylic acids is 2. The molecule has 4 aliphatic rings. The minimum Gasteiger partial charge on any atom is -0.365 e. The number of anilines is 3. The van der Waals surface area contributed by atoms with Crippen molar-refractivity contribution in [2.75, 3.05) is 50.0 Å². The molecule has 1 saturated carbocycles. The molecule has 44 heavy (non-hydrogen) atoms. The van der Waals surface area contributed by atoms with Crippen molar-refractivity contribution >= 4 is 29.0 Å². The van der Waals surface area contributed by atoms with Crippen molar-refractivity contribution in [3.8, 4) is 0 Å². The van der Waals surface area contributed by atoms with Gasteiger partial charge in [-0.2, -0.15) is 0 Å². The van der Waals surface area contributed by atoms with Gasteiger partial charge in [0.2, 0.25) is 0 Å². The summed E-state index contributed by atoms with van der Waals surface area (Å²) in [7, 11) is 1.89. The molecule has 1 aliphatic carbocycles. The molecular formula is C35H51N7O2. The van der Waals surface area contributed by atoms with Gasteiger partial charge in [-0.15, -0.1) is 0 Å². The first kappa shape index (κ1) is 30.7. The average Bonchev–Trinajstić information content (AvgIpc) is 3.58. The van der Waals surface area contributed by atoms with Gasteiger partial charge in [0.05, 0.1) is 23.6 Å². The van der Waals surface area contributed by atoms with E-state index in [4.69, 9.17) is 5.73 Å². The molecule has 2 unspecified atom stereocenters. The molecule has 3 N–H and O–H groups in total. The van der Waals surface area contributed by atoms with E-state index in [2.05, 4.69) is 63.1 Å². The van der Waals surface area contributed by atoms with Crippen LogP contribution in [0.25, 0.3) is 0 Å². The maximum Gasteiger partial charge on any atom is 0.320 e. The molecule has 6 rings (SSSR count). The van der Waals surface area contributed by atoms with Crippen LogP contribution in [0.3, 0.4) is 0 Å². The quantitative estimate of drug-likeness (QED) is 0.402. The normalized spacial score (nSPS) is 24.2. The van der Waals surface area contributed by atoms with Gasteiger partial charge in [-0.25, -0.2) is 9.78 Å². The summed E-state index contributed by atoms with van der Waals surface area (Å²) in [5.41, 5.74) is 11.2. The molecule has 4 fully saturated rings. The van der Waals surface area contributed by atoms with Gasteiger partial charge in [-0.3, -0.25) is 4.79 Å². The van der Waals surface area contributed by atoms with E-state index in [9.17, 15) is 9.59 Å². The van der Waals surface area contributed by atoms with Crippen LogP contribution in [0.15, 0.2) is 30.5 Å². The number of likely N-dealkylation sites (tertiary alicyclic amines) is 1. The smallest absolute Gasteiger partial charge is 0.320 e. The lowest BCUT2D eigenvalue weighted by Crippen LogP contribution is -2.60. The zero-order chi connectivity index (χ0) is 30.8. The molecule has 3 aliphatic heterocycles. The number of urea groups is 1. The number of carbonyl (C=O) groups is 2. The van der Waals surface area contributed by atoms with Gasteiger partial charge in [-0.1, -0.05) is 31.9 Å². The largest absolute Gasteiger partial charge is 0.365 e. The fourth-order valence-electron chi connectivity index (χ4n) is 8.39. The number of pyridine rings is 1. The molecule has 0 radical (unpaired) electrons. The van der Waals surface area contributed by atoms with E-state index in [-0.39, 0.29) is 23.8 Å². The number of nitrogens with two attached hydrogens (primary N) is 1. The molecular weight excluding hydrogens is 550 g/mol. The summed E-state index contributed by atoms with van der Waals surface area (Å²) in [6, 6.07) is 9.95. The highest BCUT2D eigenvalue weighted by atomic mass is 16.2. The Morgan fingerprint density at radius 3 is 2.32 bits per heavy atom. The maximum absolute atomic E-state index is 13.1. The van der Waals surface area contributed by atoms with Crippen LogP contribution in [-0.4, -0.2) is 89.5 Å². The van der Waals surface area contributed by atoms with Crippen LogP contribution in [0.2, 0.25) is 0 Å². The first-order chi connectivity index (χ1) is 21.4. The van der Waals surface area contributed by atoms with Gasteiger partial charge in [-0.05, 0) is 95.0 Å². The molecule has 2 aromatic rings. The molecule has 0 spiro atoms. The van der Waals surface area contributed by atoms with E-state index in [1.54, 1.807) is 0 Å². The third-order valence-electron chi connectivity index (χ3n) is 10.9.